The molecule has 0 radical (unpaired) electrons. The molecule has 0 saturated carbocycles. The molecule has 0 aliphatic carbocycles. The number of thiophene rings is 1. The van der Waals surface area contributed by atoms with E-state index < -0.39 is 12.0 Å². The van der Waals surface area contributed by atoms with Crippen molar-refractivity contribution in [2.75, 3.05) is 13.6 Å². The second-order valence-electron chi connectivity index (χ2n) is 4.12. The molecule has 0 bridgehead atoms. The van der Waals surface area contributed by atoms with Crippen LogP contribution in [0.4, 0.5) is 0 Å². The van der Waals surface area contributed by atoms with Gasteiger partial charge in [-0.25, -0.2) is 0 Å². The van der Waals surface area contributed by atoms with E-state index in [1.54, 1.807) is 0 Å². The Balaban J connectivity index is 2.70. The fourth-order valence-corrected chi connectivity index (χ4v) is 2.36. The molecule has 0 aliphatic heterocycles. The summed E-state index contributed by atoms with van der Waals surface area (Å²) < 4.78 is 0. The first kappa shape index (κ1) is 15.2. The maximum atomic E-state index is 11.9. The highest BCUT2D eigenvalue weighted by Crippen LogP contribution is 2.22. The van der Waals surface area contributed by atoms with E-state index in [1.807, 2.05) is 17.5 Å². The average Bonchev–Trinajstić information content (AvgIpc) is 2.79. The molecule has 0 aromatic carbocycles. The highest BCUT2D eigenvalue weighted by atomic mass is 32.1. The van der Waals surface area contributed by atoms with Crippen LogP contribution in [0.1, 0.15) is 24.3 Å². The van der Waals surface area contributed by atoms with Crippen molar-refractivity contribution in [3.8, 4) is 0 Å². The van der Waals surface area contributed by atoms with Gasteiger partial charge in [-0.15, -0.1) is 11.3 Å². The van der Waals surface area contributed by atoms with Gasteiger partial charge >= 0.3 is 5.97 Å². The van der Waals surface area contributed by atoms with Crippen molar-refractivity contribution >= 4 is 29.1 Å². The summed E-state index contributed by atoms with van der Waals surface area (Å²) in [7, 11) is 1.43. The molecular weight excluding hydrogens is 268 g/mol. The van der Waals surface area contributed by atoms with Gasteiger partial charge in [0.25, 0.3) is 0 Å². The minimum atomic E-state index is -1.07. The molecule has 104 valence electrons. The lowest BCUT2D eigenvalue weighted by Gasteiger charge is -2.20. The molecule has 0 aliphatic rings. The Bertz CT molecular complexity index is 458. The number of nitrogens with zero attached hydrogens (tertiary/aromatic N) is 1. The van der Waals surface area contributed by atoms with Crippen LogP contribution >= 0.6 is 11.3 Å². The fourth-order valence-electron chi connectivity index (χ4n) is 1.58. The number of nitrogens with one attached hydrogen (secondary N) is 1. The average molecular weight is 284 g/mol. The Morgan fingerprint density at radius 3 is 2.63 bits per heavy atom. The summed E-state index contributed by atoms with van der Waals surface area (Å²) >= 11 is 1.44. The predicted octanol–water partition coefficient (Wildman–Crippen LogP) is 0.858. The van der Waals surface area contributed by atoms with Crippen LogP contribution in [-0.2, 0) is 14.4 Å². The van der Waals surface area contributed by atoms with Crippen molar-refractivity contribution < 1.29 is 19.5 Å². The van der Waals surface area contributed by atoms with Gasteiger partial charge in [-0.05, 0) is 11.4 Å². The quantitative estimate of drug-likeness (QED) is 0.811. The number of carboxylic acid groups (broad SMARTS) is 1. The maximum Gasteiger partial charge on any atom is 0.323 e. The van der Waals surface area contributed by atoms with Crippen LogP contribution in [0.3, 0.4) is 0 Å². The standard InChI is InChI=1S/C12H16N2O4S/c1-8(15)13-9(10-4-3-5-19-10)6-11(16)14(2)7-12(17)18/h3-5,9H,6-7H2,1-2H3,(H,13,15)(H,17,18). The van der Waals surface area contributed by atoms with E-state index in [-0.39, 0.29) is 24.8 Å². The van der Waals surface area contributed by atoms with E-state index in [0.29, 0.717) is 0 Å². The molecule has 1 aromatic heterocycles. The monoisotopic (exact) mass is 284 g/mol. The lowest BCUT2D eigenvalue weighted by atomic mass is 10.1. The van der Waals surface area contributed by atoms with Gasteiger partial charge in [0.05, 0.1) is 12.5 Å². The molecule has 0 saturated heterocycles. The SMILES string of the molecule is CC(=O)NC(CC(=O)N(C)CC(=O)O)c1cccs1. The number of hydrogen-bond acceptors (Lipinski definition) is 4. The van der Waals surface area contributed by atoms with Crippen LogP contribution in [0.25, 0.3) is 0 Å². The largest absolute Gasteiger partial charge is 0.480 e. The number of carboxylic acids is 1. The van der Waals surface area contributed by atoms with Crippen molar-refractivity contribution in [3.05, 3.63) is 22.4 Å². The summed E-state index contributed by atoms with van der Waals surface area (Å²) in [4.78, 5) is 35.6. The smallest absolute Gasteiger partial charge is 0.323 e. The fraction of sp³-hybridized carbons (Fsp3) is 0.417. The number of hydrogen-bond donors (Lipinski definition) is 2. The molecule has 1 atom stereocenters. The van der Waals surface area contributed by atoms with Gasteiger partial charge in [0.15, 0.2) is 0 Å². The normalized spacial score (nSPS) is 11.7. The number of carbonyl (C=O) groups excluding carboxylic acids is 2. The zero-order valence-electron chi connectivity index (χ0n) is 10.8. The minimum Gasteiger partial charge on any atom is -0.480 e. The van der Waals surface area contributed by atoms with E-state index in [9.17, 15) is 14.4 Å². The van der Waals surface area contributed by atoms with Gasteiger partial charge in [-0.2, -0.15) is 0 Å². The first-order valence-corrected chi connectivity index (χ1v) is 6.54. The maximum absolute atomic E-state index is 11.9. The van der Waals surface area contributed by atoms with Crippen molar-refractivity contribution in [2.24, 2.45) is 0 Å². The van der Waals surface area contributed by atoms with E-state index in [0.717, 1.165) is 9.78 Å². The number of aliphatic carboxylic acids is 1. The molecule has 6 nitrogen and oxygen atoms in total. The van der Waals surface area contributed by atoms with Crippen LogP contribution in [0.5, 0.6) is 0 Å². The molecule has 1 rings (SSSR count). The van der Waals surface area contributed by atoms with Gasteiger partial charge in [-0.3, -0.25) is 14.4 Å². The molecule has 7 heteroatoms. The first-order chi connectivity index (χ1) is 8.90. The van der Waals surface area contributed by atoms with Crippen molar-refractivity contribution in [3.63, 3.8) is 0 Å². The molecular formula is C12H16N2O4S. The molecule has 1 unspecified atom stereocenters. The molecule has 1 heterocycles. The lowest BCUT2D eigenvalue weighted by Crippen LogP contribution is -2.36. The Hall–Kier alpha value is -1.89. The Kier molecular flexibility index (Phi) is 5.50. The van der Waals surface area contributed by atoms with Gasteiger partial charge in [0.1, 0.15) is 6.54 Å². The molecule has 2 N–H and O–H groups in total. The number of carbonyl (C=O) groups is 3. The summed E-state index contributed by atoms with van der Waals surface area (Å²) in [5.74, 6) is -1.62. The Morgan fingerprint density at radius 1 is 1.47 bits per heavy atom. The zero-order chi connectivity index (χ0) is 14.4. The van der Waals surface area contributed by atoms with Crippen LogP contribution in [-0.4, -0.2) is 41.4 Å². The summed E-state index contributed by atoms with van der Waals surface area (Å²) in [6, 6.07) is 3.25. The topological polar surface area (TPSA) is 86.7 Å². The molecule has 0 spiro atoms. The van der Waals surface area contributed by atoms with Crippen LogP contribution in [0.2, 0.25) is 0 Å². The van der Waals surface area contributed by atoms with Crippen LogP contribution in [0.15, 0.2) is 17.5 Å². The summed E-state index contributed by atoms with van der Waals surface area (Å²) in [5, 5.41) is 13.2. The first-order valence-electron chi connectivity index (χ1n) is 5.66. The molecule has 1 aromatic rings. The minimum absolute atomic E-state index is 0.0455. The van der Waals surface area contributed by atoms with Crippen molar-refractivity contribution in [1.29, 1.82) is 0 Å². The van der Waals surface area contributed by atoms with Crippen molar-refractivity contribution in [1.82, 2.24) is 10.2 Å². The highest BCUT2D eigenvalue weighted by Gasteiger charge is 2.21. The number of amides is 2. The molecule has 19 heavy (non-hydrogen) atoms. The predicted molar refractivity (Wildman–Crippen MR) is 70.8 cm³/mol. The van der Waals surface area contributed by atoms with Gasteiger partial charge < -0.3 is 15.3 Å². The van der Waals surface area contributed by atoms with Crippen molar-refractivity contribution in [2.45, 2.75) is 19.4 Å². The summed E-state index contributed by atoms with van der Waals surface area (Å²) in [5.41, 5.74) is 0. The van der Waals surface area contributed by atoms with E-state index >= 15 is 0 Å². The molecule has 2 amide bonds. The van der Waals surface area contributed by atoms with Crippen LogP contribution in [0, 0.1) is 0 Å². The van der Waals surface area contributed by atoms with Gasteiger partial charge in [0.2, 0.25) is 11.8 Å². The van der Waals surface area contributed by atoms with E-state index in [4.69, 9.17) is 5.11 Å². The second-order valence-corrected chi connectivity index (χ2v) is 5.10. The third kappa shape index (κ3) is 5.09. The zero-order valence-corrected chi connectivity index (χ0v) is 11.6. The van der Waals surface area contributed by atoms with Gasteiger partial charge in [0, 0.05) is 18.8 Å². The number of rotatable bonds is 6. The Morgan fingerprint density at radius 2 is 2.16 bits per heavy atom. The third-order valence-electron chi connectivity index (χ3n) is 2.44. The summed E-state index contributed by atoms with van der Waals surface area (Å²) in [6.07, 6.45) is 0.0455. The highest BCUT2D eigenvalue weighted by molar-refractivity contribution is 7.10. The van der Waals surface area contributed by atoms with Gasteiger partial charge in [-0.1, -0.05) is 6.07 Å². The van der Waals surface area contributed by atoms with Crippen LogP contribution < -0.4 is 5.32 Å². The van der Waals surface area contributed by atoms with E-state index in [2.05, 4.69) is 5.32 Å². The third-order valence-corrected chi connectivity index (χ3v) is 3.43. The van der Waals surface area contributed by atoms with E-state index in [1.165, 1.54) is 25.3 Å². The number of likely N-dealkylation sites (N-methyl/N-ethyl adjacent to an activating group) is 1. The Labute approximate surface area is 115 Å². The molecule has 0 fully saturated rings. The lowest BCUT2D eigenvalue weighted by molar-refractivity contribution is -0.143. The second kappa shape index (κ2) is 6.89. The summed E-state index contributed by atoms with van der Waals surface area (Å²) in [6.45, 7) is 1.03.